The molecule has 0 radical (unpaired) electrons. The van der Waals surface area contributed by atoms with Crippen LogP contribution in [0.3, 0.4) is 0 Å². The zero-order chi connectivity index (χ0) is 12.6. The van der Waals surface area contributed by atoms with Crippen molar-refractivity contribution in [3.8, 4) is 0 Å². The molecule has 1 saturated heterocycles. The molecule has 0 amide bonds. The summed E-state index contributed by atoms with van der Waals surface area (Å²) in [6, 6.07) is 3.60. The van der Waals surface area contributed by atoms with Crippen LogP contribution in [0.1, 0.15) is 10.4 Å². The van der Waals surface area contributed by atoms with Crippen molar-refractivity contribution < 1.29 is 23.1 Å². The zero-order valence-electron chi connectivity index (χ0n) is 8.79. The molecular weight excluding hydrogens is 246 g/mol. The molecule has 92 valence electrons. The van der Waals surface area contributed by atoms with Crippen LogP contribution in [-0.4, -0.2) is 38.0 Å². The number of sulfone groups is 1. The van der Waals surface area contributed by atoms with Gasteiger partial charge in [-0.25, -0.2) is 13.2 Å². The van der Waals surface area contributed by atoms with Gasteiger partial charge >= 0.3 is 5.97 Å². The SMILES string of the molecule is Nc1cc(C(=O)O)ccc1S(=O)(=O)C1COC1. The third-order valence-electron chi connectivity index (χ3n) is 2.61. The molecule has 3 N–H and O–H groups in total. The van der Waals surface area contributed by atoms with Crippen LogP contribution in [0.5, 0.6) is 0 Å². The lowest BCUT2D eigenvalue weighted by Gasteiger charge is -2.26. The van der Waals surface area contributed by atoms with Gasteiger partial charge in [-0.05, 0) is 18.2 Å². The fourth-order valence-corrected chi connectivity index (χ4v) is 3.07. The van der Waals surface area contributed by atoms with E-state index in [-0.39, 0.29) is 29.4 Å². The fraction of sp³-hybridized carbons (Fsp3) is 0.300. The molecule has 0 spiro atoms. The molecule has 1 aliphatic rings. The van der Waals surface area contributed by atoms with Gasteiger partial charge in [0.05, 0.1) is 29.4 Å². The van der Waals surface area contributed by atoms with Crippen molar-refractivity contribution in [2.75, 3.05) is 18.9 Å². The van der Waals surface area contributed by atoms with Crippen molar-refractivity contribution in [2.45, 2.75) is 10.1 Å². The lowest BCUT2D eigenvalue weighted by atomic mass is 10.2. The highest BCUT2D eigenvalue weighted by atomic mass is 32.2. The molecule has 7 heteroatoms. The predicted octanol–water partition coefficient (Wildman–Crippen LogP) is 0.139. The molecule has 1 fully saturated rings. The Hall–Kier alpha value is -1.60. The number of nitrogen functional groups attached to an aromatic ring is 1. The molecule has 1 aliphatic heterocycles. The Morgan fingerprint density at radius 1 is 1.41 bits per heavy atom. The minimum absolute atomic E-state index is 0.0317. The van der Waals surface area contributed by atoms with E-state index < -0.39 is 21.1 Å². The molecular formula is C10H11NO5S. The first-order valence-electron chi connectivity index (χ1n) is 4.87. The molecule has 0 atom stereocenters. The van der Waals surface area contributed by atoms with E-state index in [1.165, 1.54) is 12.1 Å². The second kappa shape index (κ2) is 4.01. The van der Waals surface area contributed by atoms with Gasteiger partial charge in [0.2, 0.25) is 0 Å². The number of carboxylic acids is 1. The Balaban J connectivity index is 2.43. The molecule has 1 aromatic rings. The van der Waals surface area contributed by atoms with Crippen LogP contribution < -0.4 is 5.73 Å². The first-order chi connectivity index (χ1) is 7.93. The van der Waals surface area contributed by atoms with Gasteiger partial charge in [0.25, 0.3) is 0 Å². The summed E-state index contributed by atoms with van der Waals surface area (Å²) < 4.78 is 28.8. The normalized spacial score (nSPS) is 16.5. The van der Waals surface area contributed by atoms with Crippen LogP contribution >= 0.6 is 0 Å². The highest BCUT2D eigenvalue weighted by Crippen LogP contribution is 2.26. The molecule has 6 nitrogen and oxygen atoms in total. The third kappa shape index (κ3) is 1.98. The van der Waals surface area contributed by atoms with E-state index >= 15 is 0 Å². The average Bonchev–Trinajstić information content (AvgIpc) is 2.13. The summed E-state index contributed by atoms with van der Waals surface area (Å²) in [4.78, 5) is 10.7. The summed E-state index contributed by atoms with van der Waals surface area (Å²) in [5.74, 6) is -1.15. The van der Waals surface area contributed by atoms with Gasteiger partial charge in [-0.15, -0.1) is 0 Å². The number of nitrogens with two attached hydrogens (primary N) is 1. The van der Waals surface area contributed by atoms with E-state index in [2.05, 4.69) is 0 Å². The third-order valence-corrected chi connectivity index (χ3v) is 4.74. The van der Waals surface area contributed by atoms with Gasteiger partial charge in [0.1, 0.15) is 5.25 Å². The van der Waals surface area contributed by atoms with Crippen LogP contribution in [0, 0.1) is 0 Å². The fourth-order valence-electron chi connectivity index (χ4n) is 1.51. The second-order valence-corrected chi connectivity index (χ2v) is 5.96. The summed E-state index contributed by atoms with van der Waals surface area (Å²) in [5.41, 5.74) is 5.50. The monoisotopic (exact) mass is 257 g/mol. The number of rotatable bonds is 3. The lowest BCUT2D eigenvalue weighted by Crippen LogP contribution is -2.40. The molecule has 17 heavy (non-hydrogen) atoms. The van der Waals surface area contributed by atoms with E-state index in [9.17, 15) is 13.2 Å². The molecule has 1 heterocycles. The van der Waals surface area contributed by atoms with Gasteiger partial charge in [0.15, 0.2) is 9.84 Å². The highest BCUT2D eigenvalue weighted by molar-refractivity contribution is 7.92. The average molecular weight is 257 g/mol. The van der Waals surface area contributed by atoms with Crippen LogP contribution in [0.15, 0.2) is 23.1 Å². The number of carboxylic acid groups (broad SMARTS) is 1. The van der Waals surface area contributed by atoms with Gasteiger partial charge in [-0.2, -0.15) is 0 Å². The second-order valence-electron chi connectivity index (χ2n) is 3.76. The summed E-state index contributed by atoms with van der Waals surface area (Å²) in [7, 11) is -3.52. The van der Waals surface area contributed by atoms with Gasteiger partial charge in [-0.1, -0.05) is 0 Å². The summed E-state index contributed by atoms with van der Waals surface area (Å²) >= 11 is 0. The van der Waals surface area contributed by atoms with Crippen LogP contribution in [-0.2, 0) is 14.6 Å². The predicted molar refractivity (Wildman–Crippen MR) is 59.6 cm³/mol. The molecule has 2 rings (SSSR count). The van der Waals surface area contributed by atoms with Crippen molar-refractivity contribution in [3.63, 3.8) is 0 Å². The molecule has 0 aromatic heterocycles. The standard InChI is InChI=1S/C10H11NO5S/c11-8-3-6(10(12)13)1-2-9(8)17(14,15)7-4-16-5-7/h1-3,7H,4-5,11H2,(H,12,13). The molecule has 0 unspecified atom stereocenters. The number of hydrogen-bond acceptors (Lipinski definition) is 5. The van der Waals surface area contributed by atoms with Crippen molar-refractivity contribution in [1.29, 1.82) is 0 Å². The number of benzene rings is 1. The van der Waals surface area contributed by atoms with Crippen molar-refractivity contribution >= 4 is 21.5 Å². The highest BCUT2D eigenvalue weighted by Gasteiger charge is 2.35. The topological polar surface area (TPSA) is 107 Å². The summed E-state index contributed by atoms with van der Waals surface area (Å²) in [5, 5.41) is 8.16. The number of carbonyl (C=O) groups is 1. The molecule has 1 aromatic carbocycles. The number of anilines is 1. The number of hydrogen-bond donors (Lipinski definition) is 2. The van der Waals surface area contributed by atoms with E-state index in [1.54, 1.807) is 0 Å². The maximum atomic E-state index is 12.0. The maximum Gasteiger partial charge on any atom is 0.335 e. The van der Waals surface area contributed by atoms with Crippen LogP contribution in [0.25, 0.3) is 0 Å². The van der Waals surface area contributed by atoms with E-state index in [4.69, 9.17) is 15.6 Å². The van der Waals surface area contributed by atoms with Gasteiger partial charge < -0.3 is 15.6 Å². The van der Waals surface area contributed by atoms with Crippen LogP contribution in [0.4, 0.5) is 5.69 Å². The van der Waals surface area contributed by atoms with Gasteiger partial charge in [0, 0.05) is 0 Å². The Kier molecular flexibility index (Phi) is 2.80. The number of ether oxygens (including phenoxy) is 1. The first-order valence-corrected chi connectivity index (χ1v) is 6.42. The Morgan fingerprint density at radius 3 is 2.47 bits per heavy atom. The zero-order valence-corrected chi connectivity index (χ0v) is 9.61. The summed E-state index contributed by atoms with van der Waals surface area (Å²) in [6.45, 7) is 0.310. The van der Waals surface area contributed by atoms with Crippen molar-refractivity contribution in [2.24, 2.45) is 0 Å². The smallest absolute Gasteiger partial charge is 0.335 e. The minimum atomic E-state index is -3.52. The summed E-state index contributed by atoms with van der Waals surface area (Å²) in [6.07, 6.45) is 0. The van der Waals surface area contributed by atoms with Crippen LogP contribution in [0.2, 0.25) is 0 Å². The lowest BCUT2D eigenvalue weighted by molar-refractivity contribution is 0.0416. The molecule has 0 saturated carbocycles. The van der Waals surface area contributed by atoms with Gasteiger partial charge in [-0.3, -0.25) is 0 Å². The maximum absolute atomic E-state index is 12.0. The molecule has 0 bridgehead atoms. The Bertz CT molecular complexity index is 562. The first kappa shape index (κ1) is 11.9. The number of aromatic carboxylic acids is 1. The Morgan fingerprint density at radius 2 is 2.06 bits per heavy atom. The minimum Gasteiger partial charge on any atom is -0.478 e. The van der Waals surface area contributed by atoms with E-state index in [1.807, 2.05) is 0 Å². The van der Waals surface area contributed by atoms with E-state index in [0.717, 1.165) is 6.07 Å². The molecule has 0 aliphatic carbocycles. The largest absolute Gasteiger partial charge is 0.478 e. The quantitative estimate of drug-likeness (QED) is 0.746. The van der Waals surface area contributed by atoms with Crippen molar-refractivity contribution in [1.82, 2.24) is 0 Å². The van der Waals surface area contributed by atoms with E-state index in [0.29, 0.717) is 0 Å². The Labute approximate surface area is 97.9 Å². The van der Waals surface area contributed by atoms with Crippen molar-refractivity contribution in [3.05, 3.63) is 23.8 Å².